The van der Waals surface area contributed by atoms with Gasteiger partial charge in [0.15, 0.2) is 0 Å². The molecular formula is C31H39N3O4. The van der Waals surface area contributed by atoms with Crippen molar-refractivity contribution in [3.05, 3.63) is 53.6 Å². The van der Waals surface area contributed by atoms with E-state index in [1.165, 1.54) is 6.42 Å². The number of carbonyl (C=O) groups excluding carboxylic acids is 1. The van der Waals surface area contributed by atoms with Gasteiger partial charge in [0.2, 0.25) is 0 Å². The van der Waals surface area contributed by atoms with E-state index in [0.29, 0.717) is 11.7 Å². The molecule has 202 valence electrons. The number of amides is 1. The minimum Gasteiger partial charge on any atom is -0.490 e. The van der Waals surface area contributed by atoms with E-state index in [1.807, 2.05) is 58.0 Å². The molecule has 1 aliphatic carbocycles. The number of fused-ring (bicyclic) bond motifs is 1. The van der Waals surface area contributed by atoms with Gasteiger partial charge >= 0.3 is 6.09 Å². The number of ether oxygens (including phenoxy) is 3. The minimum absolute atomic E-state index is 0.0828. The summed E-state index contributed by atoms with van der Waals surface area (Å²) < 4.78 is 17.4. The van der Waals surface area contributed by atoms with Crippen LogP contribution in [-0.4, -0.2) is 37.6 Å². The lowest BCUT2D eigenvalue weighted by molar-refractivity contribution is 0.0256. The SMILES string of the molecule is CC(OC(=O)Nc1ccc(C2C(C#N)c3ccc(OC4CCOCC4)cc3N2C2CCC2)cc1)C(C)(C)C. The minimum atomic E-state index is -0.462. The van der Waals surface area contributed by atoms with Crippen molar-refractivity contribution < 1.29 is 19.0 Å². The molecule has 0 radical (unpaired) electrons. The summed E-state index contributed by atoms with van der Waals surface area (Å²) in [6, 6.07) is 17.0. The number of rotatable bonds is 6. The van der Waals surface area contributed by atoms with Crippen LogP contribution < -0.4 is 15.0 Å². The van der Waals surface area contributed by atoms with Crippen LogP contribution in [0.15, 0.2) is 42.5 Å². The van der Waals surface area contributed by atoms with Crippen LogP contribution in [0, 0.1) is 16.7 Å². The Morgan fingerprint density at radius 1 is 1.11 bits per heavy atom. The number of hydrogen-bond acceptors (Lipinski definition) is 6. The first-order chi connectivity index (χ1) is 18.2. The first kappa shape index (κ1) is 26.4. The molecule has 3 unspecified atom stereocenters. The van der Waals surface area contributed by atoms with Gasteiger partial charge in [0, 0.05) is 36.3 Å². The summed E-state index contributed by atoms with van der Waals surface area (Å²) >= 11 is 0. The summed E-state index contributed by atoms with van der Waals surface area (Å²) in [5, 5.41) is 13.1. The van der Waals surface area contributed by atoms with Gasteiger partial charge in [0.25, 0.3) is 0 Å². The maximum atomic E-state index is 12.4. The summed E-state index contributed by atoms with van der Waals surface area (Å²) in [6.07, 6.45) is 4.74. The Balaban J connectivity index is 1.36. The Hall–Kier alpha value is -3.24. The maximum Gasteiger partial charge on any atom is 0.411 e. The average Bonchev–Trinajstić information content (AvgIpc) is 3.16. The Labute approximate surface area is 226 Å². The van der Waals surface area contributed by atoms with Crippen molar-refractivity contribution in [2.24, 2.45) is 5.41 Å². The van der Waals surface area contributed by atoms with Gasteiger partial charge in [-0.2, -0.15) is 5.26 Å². The molecule has 2 aromatic carbocycles. The highest BCUT2D eigenvalue weighted by atomic mass is 16.6. The topological polar surface area (TPSA) is 83.8 Å². The normalized spacial score (nSPS) is 22.7. The summed E-state index contributed by atoms with van der Waals surface area (Å²) in [7, 11) is 0. The monoisotopic (exact) mass is 517 g/mol. The van der Waals surface area contributed by atoms with Crippen LogP contribution in [0.4, 0.5) is 16.2 Å². The van der Waals surface area contributed by atoms with Crippen LogP contribution in [0.5, 0.6) is 5.75 Å². The Morgan fingerprint density at radius 3 is 2.42 bits per heavy atom. The van der Waals surface area contributed by atoms with Crippen molar-refractivity contribution in [3.63, 3.8) is 0 Å². The Morgan fingerprint density at radius 2 is 1.82 bits per heavy atom. The van der Waals surface area contributed by atoms with Gasteiger partial charge in [0.05, 0.1) is 31.2 Å². The highest BCUT2D eigenvalue weighted by molar-refractivity contribution is 5.84. The summed E-state index contributed by atoms with van der Waals surface area (Å²) in [5.74, 6) is 0.582. The van der Waals surface area contributed by atoms with Crippen LogP contribution in [0.3, 0.4) is 0 Å². The van der Waals surface area contributed by atoms with Crippen molar-refractivity contribution in [2.75, 3.05) is 23.4 Å². The lowest BCUT2D eigenvalue weighted by Gasteiger charge is -2.41. The molecule has 2 aliphatic heterocycles. The van der Waals surface area contributed by atoms with E-state index in [-0.39, 0.29) is 29.6 Å². The molecule has 0 spiro atoms. The maximum absolute atomic E-state index is 12.4. The van der Waals surface area contributed by atoms with E-state index in [4.69, 9.17) is 14.2 Å². The molecule has 38 heavy (non-hydrogen) atoms. The Bertz CT molecular complexity index is 1170. The third-order valence-corrected chi connectivity index (χ3v) is 8.31. The number of carbonyl (C=O) groups is 1. The number of nitrogens with one attached hydrogen (secondary N) is 1. The predicted molar refractivity (Wildman–Crippen MR) is 148 cm³/mol. The second kappa shape index (κ2) is 10.9. The lowest BCUT2D eigenvalue weighted by Crippen LogP contribution is -2.41. The van der Waals surface area contributed by atoms with Crippen LogP contribution in [0.25, 0.3) is 0 Å². The average molecular weight is 518 g/mol. The zero-order valence-corrected chi connectivity index (χ0v) is 22.9. The fourth-order valence-electron chi connectivity index (χ4n) is 5.38. The number of nitrogens with zero attached hydrogens (tertiary/aromatic N) is 2. The number of anilines is 2. The molecule has 1 saturated heterocycles. The molecule has 1 amide bonds. The molecule has 2 heterocycles. The zero-order valence-electron chi connectivity index (χ0n) is 22.9. The molecule has 3 atom stereocenters. The second-order valence-electron chi connectivity index (χ2n) is 11.9. The van der Waals surface area contributed by atoms with Crippen LogP contribution >= 0.6 is 0 Å². The summed E-state index contributed by atoms with van der Waals surface area (Å²) in [4.78, 5) is 14.9. The number of benzene rings is 2. The third kappa shape index (κ3) is 5.47. The molecule has 0 bridgehead atoms. The fraction of sp³-hybridized carbons (Fsp3) is 0.548. The van der Waals surface area contributed by atoms with Crippen molar-refractivity contribution >= 4 is 17.5 Å². The molecule has 3 aliphatic rings. The van der Waals surface area contributed by atoms with Gasteiger partial charge in [-0.1, -0.05) is 39.0 Å². The third-order valence-electron chi connectivity index (χ3n) is 8.31. The molecule has 0 aromatic heterocycles. The first-order valence-corrected chi connectivity index (χ1v) is 13.9. The van der Waals surface area contributed by atoms with E-state index >= 15 is 0 Å². The quantitative estimate of drug-likeness (QED) is 0.446. The molecule has 2 fully saturated rings. The predicted octanol–water partition coefficient (Wildman–Crippen LogP) is 6.95. The first-order valence-electron chi connectivity index (χ1n) is 13.9. The molecular weight excluding hydrogens is 478 g/mol. The van der Waals surface area contributed by atoms with E-state index < -0.39 is 6.09 Å². The molecule has 1 N–H and O–H groups in total. The van der Waals surface area contributed by atoms with E-state index in [2.05, 4.69) is 28.4 Å². The van der Waals surface area contributed by atoms with Gasteiger partial charge < -0.3 is 19.1 Å². The highest BCUT2D eigenvalue weighted by Gasteiger charge is 2.44. The number of hydrogen-bond donors (Lipinski definition) is 1. The lowest BCUT2D eigenvalue weighted by atomic mass is 9.87. The van der Waals surface area contributed by atoms with Gasteiger partial charge in [-0.25, -0.2) is 4.79 Å². The van der Waals surface area contributed by atoms with Crippen molar-refractivity contribution in [1.82, 2.24) is 0 Å². The summed E-state index contributed by atoms with van der Waals surface area (Å²) in [5.41, 5.74) is 3.77. The van der Waals surface area contributed by atoms with Gasteiger partial charge in [-0.05, 0) is 60.9 Å². The van der Waals surface area contributed by atoms with Crippen LogP contribution in [0.1, 0.15) is 82.9 Å². The van der Waals surface area contributed by atoms with E-state index in [1.54, 1.807) is 0 Å². The molecule has 2 aromatic rings. The molecule has 5 rings (SSSR count). The molecule has 7 nitrogen and oxygen atoms in total. The summed E-state index contributed by atoms with van der Waals surface area (Å²) in [6.45, 7) is 9.50. The second-order valence-corrected chi connectivity index (χ2v) is 11.9. The zero-order chi connectivity index (χ0) is 26.9. The molecule has 7 heteroatoms. The number of nitriles is 1. The molecule has 1 saturated carbocycles. The van der Waals surface area contributed by atoms with Gasteiger partial charge in [-0.15, -0.1) is 0 Å². The van der Waals surface area contributed by atoms with Crippen molar-refractivity contribution in [1.29, 1.82) is 5.26 Å². The van der Waals surface area contributed by atoms with E-state index in [0.717, 1.165) is 61.5 Å². The largest absolute Gasteiger partial charge is 0.490 e. The fourth-order valence-corrected chi connectivity index (χ4v) is 5.38. The van der Waals surface area contributed by atoms with Gasteiger partial charge in [-0.3, -0.25) is 5.32 Å². The Kier molecular flexibility index (Phi) is 7.54. The smallest absolute Gasteiger partial charge is 0.411 e. The van der Waals surface area contributed by atoms with Crippen LogP contribution in [0.2, 0.25) is 0 Å². The highest BCUT2D eigenvalue weighted by Crippen LogP contribution is 2.53. The van der Waals surface area contributed by atoms with E-state index in [9.17, 15) is 10.1 Å². The van der Waals surface area contributed by atoms with Crippen molar-refractivity contribution in [2.45, 2.75) is 90.0 Å². The van der Waals surface area contributed by atoms with Gasteiger partial charge in [0.1, 0.15) is 18.0 Å². The standard InChI is InChI=1S/C31H39N3O4/c1-20(31(2,3)4)37-30(35)33-22-10-8-21(9-11-22)29-27(19-32)26-13-12-25(38-24-14-16-36-17-15-24)18-28(26)34(29)23-6-5-7-23/h8-13,18,20,23-24,27,29H,5-7,14-17H2,1-4H3,(H,33,35). The van der Waals surface area contributed by atoms with Crippen LogP contribution in [-0.2, 0) is 9.47 Å². The van der Waals surface area contributed by atoms with Crippen molar-refractivity contribution in [3.8, 4) is 11.8 Å².